The van der Waals surface area contributed by atoms with Gasteiger partial charge in [-0.15, -0.1) is 0 Å². The molecule has 0 spiro atoms. The topological polar surface area (TPSA) is 64.6 Å². The Morgan fingerprint density at radius 2 is 1.79 bits per heavy atom. The standard InChI is InChI=1S/C19H27NO4/c1-15(19(22)20-16-9-5-2-3-6-10-16)24-18(21)13-14-23-17-11-7-4-8-12-17/h4,7-8,11-12,15-16H,2-3,5-6,9-10,13-14H2,1H3,(H,20,22)/t15-/m1/s1. The van der Waals surface area contributed by atoms with Crippen molar-refractivity contribution in [2.24, 2.45) is 0 Å². The minimum Gasteiger partial charge on any atom is -0.493 e. The summed E-state index contributed by atoms with van der Waals surface area (Å²) in [7, 11) is 0. The van der Waals surface area contributed by atoms with Gasteiger partial charge in [-0.1, -0.05) is 43.9 Å². The normalized spacial score (nSPS) is 16.7. The molecular weight excluding hydrogens is 306 g/mol. The zero-order valence-electron chi connectivity index (χ0n) is 14.3. The van der Waals surface area contributed by atoms with Crippen LogP contribution in [-0.2, 0) is 14.3 Å². The maximum atomic E-state index is 12.1. The molecule has 0 bridgehead atoms. The third-order valence-corrected chi connectivity index (χ3v) is 4.20. The molecule has 1 N–H and O–H groups in total. The fraction of sp³-hybridized carbons (Fsp3) is 0.579. The summed E-state index contributed by atoms with van der Waals surface area (Å²) in [6.07, 6.45) is 6.14. The van der Waals surface area contributed by atoms with Crippen LogP contribution in [0.2, 0.25) is 0 Å². The van der Waals surface area contributed by atoms with Gasteiger partial charge < -0.3 is 14.8 Å². The van der Waals surface area contributed by atoms with E-state index in [4.69, 9.17) is 9.47 Å². The average molecular weight is 333 g/mol. The Hall–Kier alpha value is -2.04. The zero-order chi connectivity index (χ0) is 17.2. The Bertz CT molecular complexity index is 509. The highest BCUT2D eigenvalue weighted by Gasteiger charge is 2.21. The van der Waals surface area contributed by atoms with Gasteiger partial charge in [-0.2, -0.15) is 0 Å². The summed E-state index contributed by atoms with van der Waals surface area (Å²) in [5.74, 6) is 0.0816. The molecular formula is C19H27NO4. The van der Waals surface area contributed by atoms with Crippen LogP contribution in [0.1, 0.15) is 51.9 Å². The van der Waals surface area contributed by atoms with Crippen molar-refractivity contribution in [1.29, 1.82) is 0 Å². The molecule has 1 atom stereocenters. The molecule has 1 amide bonds. The van der Waals surface area contributed by atoms with E-state index in [1.165, 1.54) is 12.8 Å². The van der Waals surface area contributed by atoms with E-state index < -0.39 is 12.1 Å². The van der Waals surface area contributed by atoms with Gasteiger partial charge in [0.1, 0.15) is 5.75 Å². The molecule has 1 aromatic carbocycles. The molecule has 5 nitrogen and oxygen atoms in total. The van der Waals surface area contributed by atoms with Gasteiger partial charge in [0.05, 0.1) is 13.0 Å². The Labute approximate surface area is 143 Å². The van der Waals surface area contributed by atoms with E-state index in [0.29, 0.717) is 5.75 Å². The Balaban J connectivity index is 1.65. The lowest BCUT2D eigenvalue weighted by atomic mass is 10.1. The maximum absolute atomic E-state index is 12.1. The molecule has 132 valence electrons. The average Bonchev–Trinajstić information content (AvgIpc) is 2.84. The number of benzene rings is 1. The lowest BCUT2D eigenvalue weighted by Crippen LogP contribution is -2.42. The van der Waals surface area contributed by atoms with E-state index in [1.54, 1.807) is 6.92 Å². The highest BCUT2D eigenvalue weighted by Crippen LogP contribution is 2.17. The lowest BCUT2D eigenvalue weighted by Gasteiger charge is -2.19. The number of carbonyl (C=O) groups is 2. The number of para-hydroxylation sites is 1. The SMILES string of the molecule is C[C@@H](OC(=O)CCOc1ccccc1)C(=O)NC1CCCCCC1. The minimum absolute atomic E-state index is 0.121. The minimum atomic E-state index is -0.766. The summed E-state index contributed by atoms with van der Waals surface area (Å²) in [6, 6.07) is 9.50. The fourth-order valence-electron chi connectivity index (χ4n) is 2.82. The fourth-order valence-corrected chi connectivity index (χ4v) is 2.82. The quantitative estimate of drug-likeness (QED) is 0.614. The second kappa shape index (κ2) is 9.96. The first-order valence-corrected chi connectivity index (χ1v) is 8.83. The number of carbonyl (C=O) groups excluding carboxylic acids is 2. The summed E-state index contributed by atoms with van der Waals surface area (Å²) in [6.45, 7) is 1.85. The number of ether oxygens (including phenoxy) is 2. The van der Waals surface area contributed by atoms with E-state index in [1.807, 2.05) is 30.3 Å². The largest absolute Gasteiger partial charge is 0.493 e. The monoisotopic (exact) mass is 333 g/mol. The van der Waals surface area contributed by atoms with Crippen molar-refractivity contribution in [3.05, 3.63) is 30.3 Å². The summed E-state index contributed by atoms with van der Waals surface area (Å²) >= 11 is 0. The van der Waals surface area contributed by atoms with Crippen molar-refractivity contribution in [1.82, 2.24) is 5.32 Å². The second-order valence-electron chi connectivity index (χ2n) is 6.24. The summed E-state index contributed by atoms with van der Waals surface area (Å²) in [5, 5.41) is 3.00. The molecule has 1 aliphatic rings. The molecule has 0 saturated heterocycles. The van der Waals surface area contributed by atoms with Crippen molar-refractivity contribution < 1.29 is 19.1 Å². The molecule has 1 saturated carbocycles. The number of hydrogen-bond acceptors (Lipinski definition) is 4. The van der Waals surface area contributed by atoms with Crippen LogP contribution in [0.25, 0.3) is 0 Å². The van der Waals surface area contributed by atoms with E-state index in [0.717, 1.165) is 25.7 Å². The van der Waals surface area contributed by atoms with Crippen molar-refractivity contribution in [3.8, 4) is 5.75 Å². The Morgan fingerprint density at radius 1 is 1.12 bits per heavy atom. The number of hydrogen-bond donors (Lipinski definition) is 1. The highest BCUT2D eigenvalue weighted by molar-refractivity contribution is 5.83. The Kier molecular flexibility index (Phi) is 7.59. The maximum Gasteiger partial charge on any atom is 0.310 e. The van der Waals surface area contributed by atoms with Crippen molar-refractivity contribution in [2.75, 3.05) is 6.61 Å². The lowest BCUT2D eigenvalue weighted by molar-refractivity contribution is -0.155. The summed E-state index contributed by atoms with van der Waals surface area (Å²) in [5.41, 5.74) is 0. The molecule has 1 fully saturated rings. The van der Waals surface area contributed by atoms with Crippen LogP contribution in [0.3, 0.4) is 0 Å². The van der Waals surface area contributed by atoms with Gasteiger partial charge >= 0.3 is 5.97 Å². The number of rotatable bonds is 7. The number of amides is 1. The first kappa shape index (κ1) is 18.3. The van der Waals surface area contributed by atoms with Gasteiger partial charge in [0.2, 0.25) is 0 Å². The van der Waals surface area contributed by atoms with Gasteiger partial charge in [0.15, 0.2) is 6.10 Å². The first-order valence-electron chi connectivity index (χ1n) is 8.83. The molecule has 0 aliphatic heterocycles. The predicted octanol–water partition coefficient (Wildman–Crippen LogP) is 3.23. The molecule has 0 radical (unpaired) electrons. The summed E-state index contributed by atoms with van der Waals surface area (Å²) < 4.78 is 10.6. The number of nitrogens with one attached hydrogen (secondary N) is 1. The van der Waals surface area contributed by atoms with Gasteiger partial charge in [-0.25, -0.2) is 0 Å². The van der Waals surface area contributed by atoms with E-state index in [-0.39, 0.29) is 25.0 Å². The van der Waals surface area contributed by atoms with Crippen molar-refractivity contribution in [3.63, 3.8) is 0 Å². The highest BCUT2D eigenvalue weighted by atomic mass is 16.5. The first-order chi connectivity index (χ1) is 11.6. The van der Waals surface area contributed by atoms with Crippen LogP contribution >= 0.6 is 0 Å². The third-order valence-electron chi connectivity index (χ3n) is 4.20. The molecule has 24 heavy (non-hydrogen) atoms. The van der Waals surface area contributed by atoms with Crippen molar-refractivity contribution in [2.45, 2.75) is 64.0 Å². The summed E-state index contributed by atoms with van der Waals surface area (Å²) in [4.78, 5) is 23.9. The van der Waals surface area contributed by atoms with Gasteiger partial charge in [-0.05, 0) is 31.9 Å². The molecule has 0 aromatic heterocycles. The molecule has 2 rings (SSSR count). The molecule has 0 heterocycles. The third kappa shape index (κ3) is 6.60. The number of esters is 1. The van der Waals surface area contributed by atoms with Crippen LogP contribution in [0.15, 0.2) is 30.3 Å². The van der Waals surface area contributed by atoms with Gasteiger partial charge in [-0.3, -0.25) is 9.59 Å². The van der Waals surface area contributed by atoms with Crippen LogP contribution < -0.4 is 10.1 Å². The molecule has 1 aliphatic carbocycles. The van der Waals surface area contributed by atoms with Crippen LogP contribution in [-0.4, -0.2) is 30.6 Å². The van der Waals surface area contributed by atoms with Gasteiger partial charge in [0.25, 0.3) is 5.91 Å². The molecule has 5 heteroatoms. The Morgan fingerprint density at radius 3 is 2.46 bits per heavy atom. The predicted molar refractivity (Wildman–Crippen MR) is 91.7 cm³/mol. The van der Waals surface area contributed by atoms with E-state index in [2.05, 4.69) is 5.32 Å². The molecule has 0 unspecified atom stereocenters. The van der Waals surface area contributed by atoms with Crippen molar-refractivity contribution >= 4 is 11.9 Å². The molecule has 1 aromatic rings. The van der Waals surface area contributed by atoms with Crippen LogP contribution in [0.5, 0.6) is 5.75 Å². The van der Waals surface area contributed by atoms with Gasteiger partial charge in [0, 0.05) is 6.04 Å². The van der Waals surface area contributed by atoms with Crippen LogP contribution in [0.4, 0.5) is 0 Å². The zero-order valence-corrected chi connectivity index (χ0v) is 14.3. The smallest absolute Gasteiger partial charge is 0.310 e. The van der Waals surface area contributed by atoms with E-state index in [9.17, 15) is 9.59 Å². The van der Waals surface area contributed by atoms with Crippen LogP contribution in [0, 0.1) is 0 Å². The second-order valence-corrected chi connectivity index (χ2v) is 6.24. The van der Waals surface area contributed by atoms with E-state index >= 15 is 0 Å².